The third-order valence-corrected chi connectivity index (χ3v) is 7.53. The number of benzene rings is 2. The lowest BCUT2D eigenvalue weighted by Gasteiger charge is -2.11. The molecule has 0 saturated heterocycles. The Morgan fingerprint density at radius 2 is 1.00 bits per heavy atom. The summed E-state index contributed by atoms with van der Waals surface area (Å²) >= 11 is 0. The average molecular weight is 576 g/mol. The van der Waals surface area contributed by atoms with E-state index in [1.54, 1.807) is 31.2 Å². The lowest BCUT2D eigenvalue weighted by molar-refractivity contribution is 0.582. The van der Waals surface area contributed by atoms with Crippen molar-refractivity contribution in [2.75, 3.05) is 10.6 Å². The summed E-state index contributed by atoms with van der Waals surface area (Å²) in [6.07, 6.45) is 12.3. The number of furan rings is 2. The minimum Gasteiger partial charge on any atom is -0.464 e. The van der Waals surface area contributed by atoms with Crippen LogP contribution in [0.3, 0.4) is 0 Å². The third kappa shape index (κ3) is 4.49. The lowest BCUT2D eigenvalue weighted by atomic mass is 10.0. The maximum atomic E-state index is 5.76. The largest absolute Gasteiger partial charge is 0.464 e. The van der Waals surface area contributed by atoms with Crippen molar-refractivity contribution in [2.24, 2.45) is 0 Å². The average Bonchev–Trinajstić information content (AvgIpc) is 3.90. The van der Waals surface area contributed by atoms with Crippen molar-refractivity contribution in [1.29, 1.82) is 0 Å². The van der Waals surface area contributed by atoms with Gasteiger partial charge in [0.2, 0.25) is 0 Å². The number of hydrogen-bond acceptors (Lipinski definition) is 7. The van der Waals surface area contributed by atoms with Gasteiger partial charge in [-0.05, 0) is 35.4 Å². The Morgan fingerprint density at radius 1 is 0.523 bits per heavy atom. The molecule has 8 rings (SSSR count). The van der Waals surface area contributed by atoms with Crippen LogP contribution in [0.2, 0.25) is 0 Å². The van der Waals surface area contributed by atoms with E-state index < -0.39 is 0 Å². The highest BCUT2D eigenvalue weighted by Crippen LogP contribution is 2.43. The molecule has 2 aliphatic rings. The zero-order chi connectivity index (χ0) is 29.3. The summed E-state index contributed by atoms with van der Waals surface area (Å²) in [5.74, 6) is 4.29. The van der Waals surface area contributed by atoms with E-state index in [1.807, 2.05) is 73.1 Å². The van der Waals surface area contributed by atoms with Crippen LogP contribution < -0.4 is 10.6 Å². The van der Waals surface area contributed by atoms with E-state index in [9.17, 15) is 0 Å². The van der Waals surface area contributed by atoms with Crippen molar-refractivity contribution in [3.05, 3.63) is 129 Å². The molecule has 0 saturated carbocycles. The number of H-pyrrole nitrogens is 2. The molecule has 0 unspecified atom stereocenters. The van der Waals surface area contributed by atoms with E-state index in [4.69, 9.17) is 18.8 Å². The molecule has 6 heterocycles. The number of aromatic amines is 2. The van der Waals surface area contributed by atoms with Gasteiger partial charge in [0, 0.05) is 58.2 Å². The number of anilines is 4. The van der Waals surface area contributed by atoms with E-state index in [0.29, 0.717) is 11.6 Å². The van der Waals surface area contributed by atoms with Crippen molar-refractivity contribution >= 4 is 23.3 Å². The first-order valence-electron chi connectivity index (χ1n) is 14.1. The van der Waals surface area contributed by atoms with Crippen LogP contribution >= 0.6 is 0 Å². The maximum Gasteiger partial charge on any atom is 0.142 e. The third-order valence-electron chi connectivity index (χ3n) is 7.53. The molecule has 4 N–H and O–H groups in total. The molecule has 2 aliphatic heterocycles. The van der Waals surface area contributed by atoms with Gasteiger partial charge in [-0.2, -0.15) is 0 Å². The summed E-state index contributed by atoms with van der Waals surface area (Å²) in [5, 5.41) is 7.03. The zero-order valence-corrected chi connectivity index (χ0v) is 23.3. The zero-order valence-electron chi connectivity index (χ0n) is 23.3. The van der Waals surface area contributed by atoms with Gasteiger partial charge in [0.05, 0.1) is 12.5 Å². The van der Waals surface area contributed by atoms with Crippen LogP contribution in [-0.2, 0) is 0 Å². The lowest BCUT2D eigenvalue weighted by Crippen LogP contribution is -1.97. The molecule has 44 heavy (non-hydrogen) atoms. The Hall–Kier alpha value is -6.35. The minimum atomic E-state index is 0.606. The maximum absolute atomic E-state index is 5.76. The summed E-state index contributed by atoms with van der Waals surface area (Å²) in [4.78, 5) is 20.7. The fourth-order valence-corrected chi connectivity index (χ4v) is 5.53. The van der Waals surface area contributed by atoms with Crippen LogP contribution in [0.15, 0.2) is 137 Å². The van der Waals surface area contributed by atoms with Crippen LogP contribution in [0.1, 0.15) is 0 Å². The number of nitrogens with one attached hydrogen (secondary N) is 4. The van der Waals surface area contributed by atoms with Crippen molar-refractivity contribution in [2.45, 2.75) is 0 Å². The van der Waals surface area contributed by atoms with Crippen LogP contribution in [0, 0.1) is 0 Å². The number of aromatic nitrogens is 5. The topological polar surface area (TPSA) is 121 Å². The SMILES string of the molecule is c1ccc(-c2c(-c3ccco3)c[nH]c2Nc2ncnc(Nc3[nH]cc(-c4ccco4)c3-c3ccccc3)c3cncc2-3)cc1. The molecule has 9 nitrogen and oxygen atoms in total. The normalized spacial score (nSPS) is 11.2. The molecule has 2 aromatic carbocycles. The highest BCUT2D eigenvalue weighted by molar-refractivity contribution is 5.95. The van der Waals surface area contributed by atoms with Gasteiger partial charge >= 0.3 is 0 Å². The first-order valence-corrected chi connectivity index (χ1v) is 14.1. The fourth-order valence-electron chi connectivity index (χ4n) is 5.53. The smallest absolute Gasteiger partial charge is 0.142 e. The molecule has 0 bridgehead atoms. The van der Waals surface area contributed by atoms with Crippen molar-refractivity contribution < 1.29 is 8.83 Å². The molecule has 0 radical (unpaired) electrons. The molecular weight excluding hydrogens is 550 g/mol. The summed E-state index contributed by atoms with van der Waals surface area (Å²) in [6, 6.07) is 28.0. The number of fused-ring (bicyclic) bond motifs is 1. The first-order chi connectivity index (χ1) is 21.8. The van der Waals surface area contributed by atoms with Gasteiger partial charge in [-0.1, -0.05) is 60.7 Å². The Balaban J connectivity index is 1.17. The summed E-state index contributed by atoms with van der Waals surface area (Å²) in [6.45, 7) is 0. The van der Waals surface area contributed by atoms with Crippen molar-refractivity contribution in [3.63, 3.8) is 0 Å². The van der Waals surface area contributed by atoms with E-state index in [1.165, 1.54) is 0 Å². The van der Waals surface area contributed by atoms with Gasteiger partial charge < -0.3 is 29.4 Å². The Morgan fingerprint density at radius 3 is 1.43 bits per heavy atom. The van der Waals surface area contributed by atoms with E-state index >= 15 is 0 Å². The van der Waals surface area contributed by atoms with Crippen LogP contribution in [0.4, 0.5) is 23.3 Å². The molecular formula is C35H25N7O2. The molecule has 0 atom stereocenters. The van der Waals surface area contributed by atoms with Gasteiger partial charge in [-0.3, -0.25) is 4.98 Å². The van der Waals surface area contributed by atoms with Gasteiger partial charge in [0.1, 0.15) is 41.1 Å². The van der Waals surface area contributed by atoms with Crippen molar-refractivity contribution in [1.82, 2.24) is 24.9 Å². The van der Waals surface area contributed by atoms with Gasteiger partial charge in [-0.25, -0.2) is 9.97 Å². The summed E-state index contributed by atoms with van der Waals surface area (Å²) in [7, 11) is 0. The van der Waals surface area contributed by atoms with Crippen LogP contribution in [0.25, 0.3) is 56.0 Å². The molecule has 0 fully saturated rings. The molecule has 0 amide bonds. The van der Waals surface area contributed by atoms with Gasteiger partial charge in [0.25, 0.3) is 0 Å². The molecule has 212 valence electrons. The van der Waals surface area contributed by atoms with Crippen molar-refractivity contribution in [3.8, 4) is 56.0 Å². The second kappa shape index (κ2) is 10.8. The molecule has 4 aromatic heterocycles. The predicted molar refractivity (Wildman–Crippen MR) is 171 cm³/mol. The molecule has 9 heteroatoms. The van der Waals surface area contributed by atoms with E-state index in [0.717, 1.165) is 67.7 Å². The highest BCUT2D eigenvalue weighted by atomic mass is 16.3. The Bertz CT molecular complexity index is 1960. The number of rotatable bonds is 8. The predicted octanol–water partition coefficient (Wildman–Crippen LogP) is 8.97. The molecule has 0 aliphatic carbocycles. The summed E-state index contributed by atoms with van der Waals surface area (Å²) < 4.78 is 11.5. The second-order valence-electron chi connectivity index (χ2n) is 10.1. The Kier molecular flexibility index (Phi) is 6.23. The monoisotopic (exact) mass is 575 g/mol. The number of nitrogens with zero attached hydrogens (tertiary/aromatic N) is 3. The van der Waals surface area contributed by atoms with Crippen LogP contribution in [0.5, 0.6) is 0 Å². The van der Waals surface area contributed by atoms with Gasteiger partial charge in [0.15, 0.2) is 0 Å². The van der Waals surface area contributed by atoms with Crippen LogP contribution in [-0.4, -0.2) is 24.9 Å². The standard InChI is InChI=1S/C35H25N7O2/c1-3-9-22(10-4-1)30-26(28-13-7-15-43-28)19-37-34(30)41-32-24-17-36-18-25(24)33(40-21-39-32)42-35-31(23-11-5-2-6-12-23)27(20-38-35)29-14-8-16-44-29/h1-21,37-38H,(H2,39,40,41,42). The molecule has 6 aromatic rings. The quantitative estimate of drug-likeness (QED) is 0.143. The van der Waals surface area contributed by atoms with E-state index in [-0.39, 0.29) is 0 Å². The van der Waals surface area contributed by atoms with Gasteiger partial charge in [-0.15, -0.1) is 0 Å². The molecule has 0 spiro atoms. The second-order valence-corrected chi connectivity index (χ2v) is 10.1. The number of hydrogen-bond donors (Lipinski definition) is 4. The van der Waals surface area contributed by atoms with E-state index in [2.05, 4.69) is 49.9 Å². The first kappa shape index (κ1) is 25.4. The minimum absolute atomic E-state index is 0.606. The highest BCUT2D eigenvalue weighted by Gasteiger charge is 2.22. The summed E-state index contributed by atoms with van der Waals surface area (Å²) in [5.41, 5.74) is 7.49. The fraction of sp³-hybridized carbons (Fsp3) is 0. The Labute approximate surface area is 252 Å².